The Hall–Kier alpha value is -2.69. The minimum Gasteiger partial charge on any atom is -0.492 e. The number of amides is 1. The summed E-state index contributed by atoms with van der Waals surface area (Å²) in [7, 11) is 0. The van der Waals surface area contributed by atoms with Crippen molar-refractivity contribution >= 4 is 5.91 Å². The Morgan fingerprint density at radius 2 is 1.78 bits per heavy atom. The van der Waals surface area contributed by atoms with E-state index in [9.17, 15) is 18.0 Å². The number of hydrogen-bond acceptors (Lipinski definition) is 6. The summed E-state index contributed by atoms with van der Waals surface area (Å²) < 4.78 is 50.6. The first-order chi connectivity index (χ1) is 17.8. The van der Waals surface area contributed by atoms with Crippen molar-refractivity contribution in [2.24, 2.45) is 0 Å². The lowest BCUT2D eigenvalue weighted by Crippen LogP contribution is -2.63. The fourth-order valence-electron chi connectivity index (χ4n) is 5.00. The molecule has 2 fully saturated rings. The number of halogens is 3. The van der Waals surface area contributed by atoms with E-state index in [0.717, 1.165) is 57.4 Å². The predicted molar refractivity (Wildman–Crippen MR) is 133 cm³/mol. The Balaban J connectivity index is 1.31. The van der Waals surface area contributed by atoms with Crippen LogP contribution in [0.2, 0.25) is 0 Å². The summed E-state index contributed by atoms with van der Waals surface area (Å²) in [5.41, 5.74) is -1.11. The first-order valence-corrected chi connectivity index (χ1v) is 12.8. The highest BCUT2D eigenvalue weighted by Crippen LogP contribution is 2.30. The molecule has 3 heterocycles. The van der Waals surface area contributed by atoms with Crippen molar-refractivity contribution < 1.29 is 27.4 Å². The van der Waals surface area contributed by atoms with Crippen molar-refractivity contribution in [3.8, 4) is 5.75 Å². The van der Waals surface area contributed by atoms with E-state index in [1.807, 2.05) is 30.3 Å². The number of nitrogens with one attached hydrogen (secondary N) is 1. The van der Waals surface area contributed by atoms with Crippen molar-refractivity contribution in [3.05, 3.63) is 59.9 Å². The van der Waals surface area contributed by atoms with Crippen molar-refractivity contribution in [1.29, 1.82) is 0 Å². The molecule has 0 aliphatic carbocycles. The molecule has 0 spiro atoms. The molecule has 4 rings (SSSR count). The smallest absolute Gasteiger partial charge is 0.433 e. The number of pyridine rings is 1. The number of hydrogen-bond donors (Lipinski definition) is 1. The van der Waals surface area contributed by atoms with Crippen molar-refractivity contribution in [2.75, 3.05) is 59.1 Å². The lowest BCUT2D eigenvalue weighted by molar-refractivity contribution is -0.141. The number of piperazine rings is 1. The van der Waals surface area contributed by atoms with E-state index >= 15 is 0 Å². The average molecular weight is 521 g/mol. The minimum atomic E-state index is -4.55. The lowest BCUT2D eigenvalue weighted by atomic mass is 9.86. The topological polar surface area (TPSA) is 66.9 Å². The summed E-state index contributed by atoms with van der Waals surface area (Å²) in [6, 6.07) is 13.4. The van der Waals surface area contributed by atoms with Gasteiger partial charge in [-0.3, -0.25) is 14.6 Å². The van der Waals surface area contributed by atoms with E-state index in [4.69, 9.17) is 9.47 Å². The zero-order valence-electron chi connectivity index (χ0n) is 21.2. The van der Waals surface area contributed by atoms with Gasteiger partial charge in [-0.25, -0.2) is 4.98 Å². The number of benzene rings is 1. The van der Waals surface area contributed by atoms with Gasteiger partial charge < -0.3 is 14.8 Å². The van der Waals surface area contributed by atoms with Crippen LogP contribution in [0.3, 0.4) is 0 Å². The van der Waals surface area contributed by atoms with Crippen LogP contribution >= 0.6 is 0 Å². The number of nitrogens with zero attached hydrogens (tertiary/aromatic N) is 3. The molecule has 1 N–H and O–H groups in total. The van der Waals surface area contributed by atoms with Crippen LogP contribution in [-0.2, 0) is 15.7 Å². The third kappa shape index (κ3) is 7.21. The number of carbonyl (C=O) groups excluding carboxylic acids is 1. The molecule has 1 atom stereocenters. The number of rotatable bonds is 9. The van der Waals surface area contributed by atoms with Gasteiger partial charge in [0, 0.05) is 58.0 Å². The van der Waals surface area contributed by atoms with Gasteiger partial charge in [0.15, 0.2) is 0 Å². The SMILES string of the molecule is CC(C(=O)NCC1(N2CCN(CCOc3ccccc3)CC2)CCOCC1)c1cccc(C(F)(F)F)n1. The third-order valence-corrected chi connectivity index (χ3v) is 7.38. The second-order valence-electron chi connectivity index (χ2n) is 9.71. The number of alkyl halides is 3. The van der Waals surface area contributed by atoms with Crippen molar-refractivity contribution in [2.45, 2.75) is 37.4 Å². The molecule has 0 radical (unpaired) electrons. The van der Waals surface area contributed by atoms with E-state index in [-0.39, 0.29) is 17.1 Å². The Labute approximate surface area is 215 Å². The van der Waals surface area contributed by atoms with Crippen molar-refractivity contribution in [1.82, 2.24) is 20.1 Å². The van der Waals surface area contributed by atoms with Crippen LogP contribution in [0.25, 0.3) is 0 Å². The quantitative estimate of drug-likeness (QED) is 0.546. The van der Waals surface area contributed by atoms with Crippen LogP contribution in [0.5, 0.6) is 5.75 Å². The highest BCUT2D eigenvalue weighted by atomic mass is 19.4. The average Bonchev–Trinajstić information content (AvgIpc) is 2.92. The molecule has 1 unspecified atom stereocenters. The molecule has 202 valence electrons. The van der Waals surface area contributed by atoms with Gasteiger partial charge in [-0.2, -0.15) is 13.2 Å². The second kappa shape index (κ2) is 12.2. The predicted octanol–water partition coefficient (Wildman–Crippen LogP) is 3.57. The van der Waals surface area contributed by atoms with E-state index in [1.165, 1.54) is 12.1 Å². The highest BCUT2D eigenvalue weighted by molar-refractivity contribution is 5.82. The molecular weight excluding hydrogens is 485 g/mol. The zero-order chi connectivity index (χ0) is 26.3. The Morgan fingerprint density at radius 1 is 1.08 bits per heavy atom. The molecule has 10 heteroatoms. The van der Waals surface area contributed by atoms with Gasteiger partial charge in [-0.05, 0) is 44.0 Å². The van der Waals surface area contributed by atoms with Crippen LogP contribution in [-0.4, -0.2) is 85.3 Å². The molecule has 7 nitrogen and oxygen atoms in total. The standard InChI is InChI=1S/C27H35F3N4O3/c1-21(23-8-5-9-24(32-23)27(28,29)30)25(35)31-20-26(10-17-36-18-11-26)34-14-12-33(13-15-34)16-19-37-22-6-3-2-4-7-22/h2-9,21H,10-20H2,1H3,(H,31,35). The van der Waals surface area contributed by atoms with Crippen LogP contribution < -0.4 is 10.1 Å². The molecule has 0 bridgehead atoms. The van der Waals surface area contributed by atoms with Crippen LogP contribution in [0.4, 0.5) is 13.2 Å². The summed E-state index contributed by atoms with van der Waals surface area (Å²) in [6.07, 6.45) is -2.96. The van der Waals surface area contributed by atoms with Gasteiger partial charge in [0.25, 0.3) is 0 Å². The number of carbonyl (C=O) groups is 1. The summed E-state index contributed by atoms with van der Waals surface area (Å²) in [4.78, 5) is 21.5. The van der Waals surface area contributed by atoms with Gasteiger partial charge in [-0.1, -0.05) is 24.3 Å². The molecule has 37 heavy (non-hydrogen) atoms. The van der Waals surface area contributed by atoms with E-state index in [1.54, 1.807) is 6.92 Å². The number of ether oxygens (including phenoxy) is 2. The summed E-state index contributed by atoms with van der Waals surface area (Å²) in [6.45, 7) is 8.26. The molecule has 0 saturated carbocycles. The maximum absolute atomic E-state index is 13.1. The van der Waals surface area contributed by atoms with Crippen LogP contribution in [0, 0.1) is 0 Å². The number of para-hydroxylation sites is 1. The van der Waals surface area contributed by atoms with E-state index in [0.29, 0.717) is 26.4 Å². The van der Waals surface area contributed by atoms with Crippen LogP contribution in [0.15, 0.2) is 48.5 Å². The fraction of sp³-hybridized carbons (Fsp3) is 0.556. The molecule has 1 aromatic carbocycles. The maximum Gasteiger partial charge on any atom is 0.433 e. The molecule has 1 aromatic heterocycles. The molecule has 2 aliphatic heterocycles. The Morgan fingerprint density at radius 3 is 2.46 bits per heavy atom. The summed E-state index contributed by atoms with van der Waals surface area (Å²) in [5.74, 6) is -0.248. The fourth-order valence-corrected chi connectivity index (χ4v) is 5.00. The molecular formula is C27H35F3N4O3. The first kappa shape index (κ1) is 27.3. The highest BCUT2D eigenvalue weighted by Gasteiger charge is 2.40. The Bertz CT molecular complexity index is 1010. The van der Waals surface area contributed by atoms with Gasteiger partial charge in [0.05, 0.1) is 11.6 Å². The molecule has 2 aliphatic rings. The van der Waals surface area contributed by atoms with Crippen LogP contribution in [0.1, 0.15) is 37.1 Å². The summed E-state index contributed by atoms with van der Waals surface area (Å²) >= 11 is 0. The van der Waals surface area contributed by atoms with Gasteiger partial charge in [0.2, 0.25) is 5.91 Å². The first-order valence-electron chi connectivity index (χ1n) is 12.8. The zero-order valence-corrected chi connectivity index (χ0v) is 21.2. The monoisotopic (exact) mass is 520 g/mol. The number of aromatic nitrogens is 1. The summed E-state index contributed by atoms with van der Waals surface area (Å²) in [5, 5.41) is 3.02. The second-order valence-corrected chi connectivity index (χ2v) is 9.71. The van der Waals surface area contributed by atoms with Gasteiger partial charge >= 0.3 is 6.18 Å². The largest absolute Gasteiger partial charge is 0.492 e. The molecule has 2 aromatic rings. The van der Waals surface area contributed by atoms with E-state index < -0.39 is 17.8 Å². The minimum absolute atomic E-state index is 0.111. The molecule has 2 saturated heterocycles. The van der Waals surface area contributed by atoms with E-state index in [2.05, 4.69) is 20.1 Å². The molecule has 1 amide bonds. The lowest BCUT2D eigenvalue weighted by Gasteiger charge is -2.49. The van der Waals surface area contributed by atoms with Gasteiger partial charge in [-0.15, -0.1) is 0 Å². The Kier molecular flexibility index (Phi) is 9.04. The third-order valence-electron chi connectivity index (χ3n) is 7.38. The van der Waals surface area contributed by atoms with Crippen molar-refractivity contribution in [3.63, 3.8) is 0 Å². The van der Waals surface area contributed by atoms with Gasteiger partial charge in [0.1, 0.15) is 18.1 Å². The maximum atomic E-state index is 13.1. The normalized spacial score (nSPS) is 19.8.